The van der Waals surface area contributed by atoms with Crippen LogP contribution in [0.25, 0.3) is 33.5 Å². The number of ether oxygens (including phenoxy) is 1. The summed E-state index contributed by atoms with van der Waals surface area (Å²) in [7, 11) is -10.8. The van der Waals surface area contributed by atoms with Crippen molar-refractivity contribution in [3.8, 4) is 39.3 Å². The molecule has 0 saturated heterocycles. The van der Waals surface area contributed by atoms with Crippen LogP contribution in [0.1, 0.15) is 37.3 Å². The van der Waals surface area contributed by atoms with Crippen molar-refractivity contribution in [2.75, 3.05) is 0 Å². The van der Waals surface area contributed by atoms with E-state index in [0.717, 1.165) is 37.3 Å². The van der Waals surface area contributed by atoms with Gasteiger partial charge in [0, 0.05) is 29.0 Å². The zero-order valence-corrected chi connectivity index (χ0v) is 26.8. The quantitative estimate of drug-likeness (QED) is 0.0990. The monoisotopic (exact) mass is 753 g/mol. The van der Waals surface area contributed by atoms with E-state index in [9.17, 15) is 32.6 Å². The molecule has 5 aromatic rings. The van der Waals surface area contributed by atoms with Crippen molar-refractivity contribution in [3.63, 3.8) is 0 Å². The standard InChI is InChI=1S/C35H24F13NOS/c1-2-3-4-5-19-6-11-32(49-18-19)20-7-9-24(26(36)12-20)21-13-28(38)33(29(39)14-21)35(42,43)50-23-8-10-25(27(37)17-23)22-15-30(40)34(31(41)16-22)51(44,45,46,47)48/h6-18H,2-5H2,1H3. The van der Waals surface area contributed by atoms with Gasteiger partial charge in [-0.15, -0.1) is 0 Å². The first-order valence-electron chi connectivity index (χ1n) is 14.9. The molecule has 0 spiro atoms. The summed E-state index contributed by atoms with van der Waals surface area (Å²) in [6.45, 7) is 2.07. The SMILES string of the molecule is CCCCCc1ccc(-c2ccc(-c3cc(F)c(C(F)(F)Oc4ccc(-c5cc(F)c(S(F)(F)(F)(F)F)c(F)c5)c(F)c4)c(F)c3)c(F)c2)nc1. The molecule has 0 N–H and O–H groups in total. The minimum atomic E-state index is -10.8. The van der Waals surface area contributed by atoms with E-state index in [1.807, 2.05) is 6.07 Å². The lowest BCUT2D eigenvalue weighted by atomic mass is 9.99. The van der Waals surface area contributed by atoms with Gasteiger partial charge in [0.15, 0.2) is 4.90 Å². The first kappa shape index (κ1) is 37.5. The molecular weight excluding hydrogens is 729 g/mol. The van der Waals surface area contributed by atoms with E-state index < -0.39 is 84.1 Å². The smallest absolute Gasteiger partial charge is 0.429 e. The number of unbranched alkanes of at least 4 members (excludes halogenated alkanes) is 2. The van der Waals surface area contributed by atoms with Crippen LogP contribution < -0.4 is 4.74 Å². The fourth-order valence-electron chi connectivity index (χ4n) is 5.31. The number of nitrogens with zero attached hydrogens (tertiary/aromatic N) is 1. The second-order valence-corrected chi connectivity index (χ2v) is 13.9. The first-order valence-corrected chi connectivity index (χ1v) is 16.9. The van der Waals surface area contributed by atoms with Gasteiger partial charge in [0.05, 0.1) is 5.69 Å². The maximum atomic E-state index is 15.1. The average Bonchev–Trinajstić information content (AvgIpc) is 2.99. The molecule has 2 nitrogen and oxygen atoms in total. The Morgan fingerprint density at radius 2 is 1.14 bits per heavy atom. The van der Waals surface area contributed by atoms with Crippen molar-refractivity contribution >= 4 is 10.2 Å². The molecule has 0 aliphatic rings. The van der Waals surface area contributed by atoms with Gasteiger partial charge in [0.1, 0.15) is 46.2 Å². The zero-order chi connectivity index (χ0) is 37.6. The largest absolute Gasteiger partial charge is 0.432 e. The zero-order valence-electron chi connectivity index (χ0n) is 26.0. The Hall–Kier alpha value is -4.73. The molecule has 0 atom stereocenters. The molecule has 0 aliphatic heterocycles. The molecule has 1 heterocycles. The summed E-state index contributed by atoms with van der Waals surface area (Å²) in [5.41, 5.74) is -2.97. The maximum Gasteiger partial charge on any atom is 0.432 e. The Morgan fingerprint density at radius 1 is 0.608 bits per heavy atom. The van der Waals surface area contributed by atoms with E-state index in [-0.39, 0.29) is 23.8 Å². The molecule has 0 bridgehead atoms. The third kappa shape index (κ3) is 8.26. The summed E-state index contributed by atoms with van der Waals surface area (Å²) in [4.78, 5) is 0.868. The molecular formula is C35H24F13NOS. The number of pyridine rings is 1. The average molecular weight is 754 g/mol. The van der Waals surface area contributed by atoms with E-state index in [4.69, 9.17) is 0 Å². The Morgan fingerprint density at radius 3 is 1.63 bits per heavy atom. The van der Waals surface area contributed by atoms with Gasteiger partial charge in [-0.2, -0.15) is 8.78 Å². The van der Waals surface area contributed by atoms with Crippen LogP contribution in [-0.4, -0.2) is 4.98 Å². The van der Waals surface area contributed by atoms with Crippen LogP contribution in [0.2, 0.25) is 0 Å². The second kappa shape index (κ2) is 12.8. The number of aryl methyl sites for hydroxylation is 1. The van der Waals surface area contributed by atoms with Gasteiger partial charge >= 0.3 is 16.3 Å². The maximum absolute atomic E-state index is 15.1. The van der Waals surface area contributed by atoms with Crippen LogP contribution in [-0.2, 0) is 12.5 Å². The van der Waals surface area contributed by atoms with Crippen LogP contribution in [0.4, 0.5) is 54.6 Å². The van der Waals surface area contributed by atoms with Crippen molar-refractivity contribution in [2.45, 2.75) is 43.6 Å². The van der Waals surface area contributed by atoms with E-state index in [0.29, 0.717) is 35.5 Å². The third-order valence-electron chi connectivity index (χ3n) is 7.68. The first-order chi connectivity index (χ1) is 23.6. The number of alkyl halides is 2. The number of benzene rings is 4. The predicted molar refractivity (Wildman–Crippen MR) is 166 cm³/mol. The Bertz CT molecular complexity index is 2070. The van der Waals surface area contributed by atoms with E-state index in [1.54, 1.807) is 12.3 Å². The van der Waals surface area contributed by atoms with Gasteiger partial charge in [-0.1, -0.05) is 57.4 Å². The highest BCUT2D eigenvalue weighted by Gasteiger charge is 2.69. The van der Waals surface area contributed by atoms with Gasteiger partial charge in [0.2, 0.25) is 0 Å². The molecule has 0 radical (unpaired) electrons. The lowest BCUT2D eigenvalue weighted by molar-refractivity contribution is -0.189. The summed E-state index contributed by atoms with van der Waals surface area (Å²) in [5, 5.41) is 0. The number of halogens is 13. The molecule has 0 saturated carbocycles. The fraction of sp³-hybridized carbons (Fsp3) is 0.171. The fourth-order valence-corrected chi connectivity index (χ4v) is 6.17. The molecule has 0 unspecified atom stereocenters. The summed E-state index contributed by atoms with van der Waals surface area (Å²) >= 11 is 0. The third-order valence-corrected chi connectivity index (χ3v) is 8.85. The van der Waals surface area contributed by atoms with E-state index in [1.165, 1.54) is 12.1 Å². The van der Waals surface area contributed by atoms with Gasteiger partial charge in [0.25, 0.3) is 0 Å². The van der Waals surface area contributed by atoms with Crippen molar-refractivity contribution in [1.82, 2.24) is 4.98 Å². The molecule has 0 aliphatic carbocycles. The van der Waals surface area contributed by atoms with Crippen molar-refractivity contribution in [1.29, 1.82) is 0 Å². The summed E-state index contributed by atoms with van der Waals surface area (Å²) < 4.78 is 188. The molecule has 0 amide bonds. The van der Waals surface area contributed by atoms with Crippen LogP contribution in [0, 0.1) is 34.9 Å². The predicted octanol–water partition coefficient (Wildman–Crippen LogP) is 13.4. The molecule has 5 rings (SSSR count). The van der Waals surface area contributed by atoms with Crippen molar-refractivity contribution in [3.05, 3.63) is 125 Å². The van der Waals surface area contributed by atoms with Crippen LogP contribution in [0.3, 0.4) is 0 Å². The van der Waals surface area contributed by atoms with Crippen LogP contribution in [0.5, 0.6) is 5.75 Å². The number of rotatable bonds is 11. The Balaban J connectivity index is 1.37. The molecule has 16 heteroatoms. The minimum Gasteiger partial charge on any atom is -0.429 e. The summed E-state index contributed by atoms with van der Waals surface area (Å²) in [6, 6.07) is 8.68. The molecule has 4 aromatic carbocycles. The number of hydrogen-bond acceptors (Lipinski definition) is 2. The molecule has 1 aromatic heterocycles. The lowest BCUT2D eigenvalue weighted by Crippen LogP contribution is -2.25. The lowest BCUT2D eigenvalue weighted by Gasteiger charge is -2.40. The van der Waals surface area contributed by atoms with Gasteiger partial charge in [-0.25, -0.2) is 26.3 Å². The Kier molecular flexibility index (Phi) is 9.41. The van der Waals surface area contributed by atoms with E-state index in [2.05, 4.69) is 16.6 Å². The summed E-state index contributed by atoms with van der Waals surface area (Å²) in [5.74, 6) is -13.0. The Labute approximate surface area is 282 Å². The number of aromatic nitrogens is 1. The van der Waals surface area contributed by atoms with E-state index >= 15 is 22.0 Å². The normalized spacial score (nSPS) is 13.5. The van der Waals surface area contributed by atoms with Gasteiger partial charge in [-0.05, 0) is 78.1 Å². The molecule has 51 heavy (non-hydrogen) atoms. The summed E-state index contributed by atoms with van der Waals surface area (Å²) in [6.07, 6.45) is 0.703. The minimum absolute atomic E-state index is 0.146. The molecule has 272 valence electrons. The van der Waals surface area contributed by atoms with Crippen LogP contribution >= 0.6 is 10.2 Å². The van der Waals surface area contributed by atoms with Crippen molar-refractivity contribution in [2.24, 2.45) is 0 Å². The van der Waals surface area contributed by atoms with Gasteiger partial charge < -0.3 is 4.74 Å². The highest BCUT2D eigenvalue weighted by atomic mass is 32.5. The van der Waals surface area contributed by atoms with Crippen LogP contribution in [0.15, 0.2) is 83.9 Å². The second-order valence-electron chi connectivity index (χ2n) is 11.5. The topological polar surface area (TPSA) is 22.1 Å². The van der Waals surface area contributed by atoms with Gasteiger partial charge in [-0.3, -0.25) is 4.98 Å². The van der Waals surface area contributed by atoms with Crippen molar-refractivity contribution < 1.29 is 59.3 Å². The number of hydrogen-bond donors (Lipinski definition) is 0. The molecule has 0 fully saturated rings. The highest BCUT2D eigenvalue weighted by molar-refractivity contribution is 8.45. The highest BCUT2D eigenvalue weighted by Crippen LogP contribution is 3.02.